The van der Waals surface area contributed by atoms with E-state index in [0.29, 0.717) is 13.2 Å². The summed E-state index contributed by atoms with van der Waals surface area (Å²) >= 11 is 5.57. The van der Waals surface area contributed by atoms with Crippen molar-refractivity contribution in [3.8, 4) is 5.75 Å². The van der Waals surface area contributed by atoms with Gasteiger partial charge in [0.2, 0.25) is 0 Å². The third-order valence-corrected chi connectivity index (χ3v) is 4.07. The molecule has 0 amide bonds. The van der Waals surface area contributed by atoms with Crippen molar-refractivity contribution < 1.29 is 9.47 Å². The van der Waals surface area contributed by atoms with Crippen molar-refractivity contribution in [2.24, 2.45) is 0 Å². The topological polar surface area (TPSA) is 33.7 Å². The van der Waals surface area contributed by atoms with E-state index < -0.39 is 0 Å². The van der Waals surface area contributed by atoms with E-state index >= 15 is 0 Å². The Bertz CT molecular complexity index is 617. The Morgan fingerprint density at radius 2 is 1.71 bits per heavy atom. The van der Waals surface area contributed by atoms with E-state index in [4.69, 9.17) is 21.7 Å². The molecule has 2 rings (SSSR count). The average Bonchev–Trinajstić information content (AvgIpc) is 2.64. The van der Waals surface area contributed by atoms with Gasteiger partial charge in [0.25, 0.3) is 0 Å². The third-order valence-electron chi connectivity index (χ3n) is 3.67. The lowest BCUT2D eigenvalue weighted by molar-refractivity contribution is 0.174. The number of hydrogen-bond donors (Lipinski definition) is 1. The highest BCUT2D eigenvalue weighted by atomic mass is 32.1. The van der Waals surface area contributed by atoms with Gasteiger partial charge >= 0.3 is 0 Å². The summed E-state index contributed by atoms with van der Waals surface area (Å²) in [4.78, 5) is 2.12. The van der Waals surface area contributed by atoms with Crippen LogP contribution in [0, 0.1) is 0 Å². The fourth-order valence-electron chi connectivity index (χ4n) is 2.29. The molecule has 0 aromatic heterocycles. The molecule has 1 N–H and O–H groups in total. The maximum Gasteiger partial charge on any atom is 0.169 e. The fourth-order valence-corrected chi connectivity index (χ4v) is 2.52. The molecule has 4 nitrogen and oxygen atoms in total. The first-order chi connectivity index (χ1) is 11.7. The van der Waals surface area contributed by atoms with E-state index in [9.17, 15) is 0 Å². The first kappa shape index (κ1) is 18.2. The zero-order valence-corrected chi connectivity index (χ0v) is 15.0. The normalized spacial score (nSPS) is 10.2. The molecule has 0 aliphatic carbocycles. The van der Waals surface area contributed by atoms with Crippen molar-refractivity contribution >= 4 is 17.3 Å². The Hall–Kier alpha value is -2.11. The monoisotopic (exact) mass is 344 g/mol. The van der Waals surface area contributed by atoms with E-state index in [1.165, 1.54) is 5.56 Å². The molecular weight excluding hydrogens is 320 g/mol. The van der Waals surface area contributed by atoms with Gasteiger partial charge in [0, 0.05) is 26.7 Å². The van der Waals surface area contributed by atoms with Crippen molar-refractivity contribution in [2.75, 3.05) is 27.4 Å². The molecular formula is C19H24N2O2S. The van der Waals surface area contributed by atoms with Crippen LogP contribution < -0.4 is 10.1 Å². The number of ether oxygens (including phenoxy) is 2. The predicted molar refractivity (Wildman–Crippen MR) is 101 cm³/mol. The smallest absolute Gasteiger partial charge is 0.169 e. The second kappa shape index (κ2) is 9.90. The van der Waals surface area contributed by atoms with Gasteiger partial charge in [0.1, 0.15) is 5.75 Å². The van der Waals surface area contributed by atoms with Crippen LogP contribution in [0.3, 0.4) is 0 Å². The van der Waals surface area contributed by atoms with Gasteiger partial charge in [-0.1, -0.05) is 42.5 Å². The third kappa shape index (κ3) is 5.83. The molecule has 0 bridgehead atoms. The van der Waals surface area contributed by atoms with E-state index in [2.05, 4.69) is 22.3 Å². The summed E-state index contributed by atoms with van der Waals surface area (Å²) in [5.74, 6) is 0.854. The summed E-state index contributed by atoms with van der Waals surface area (Å²) in [5.41, 5.74) is 2.38. The van der Waals surface area contributed by atoms with Crippen LogP contribution in [-0.2, 0) is 17.8 Å². The molecule has 0 saturated carbocycles. The minimum Gasteiger partial charge on any atom is -0.497 e. The lowest BCUT2D eigenvalue weighted by Gasteiger charge is -2.26. The summed E-state index contributed by atoms with van der Waals surface area (Å²) in [6.45, 7) is 2.83. The number of thiocarbonyl (C=S) groups is 1. The van der Waals surface area contributed by atoms with E-state index in [1.807, 2.05) is 42.5 Å². The van der Waals surface area contributed by atoms with Gasteiger partial charge in [-0.2, -0.15) is 0 Å². The minimum atomic E-state index is 0.636. The highest BCUT2D eigenvalue weighted by Crippen LogP contribution is 2.11. The lowest BCUT2D eigenvalue weighted by Crippen LogP contribution is -2.40. The predicted octanol–water partition coefficient (Wildman–Crippen LogP) is 3.22. The standard InChI is InChI=1S/C19H24N2O2S/c1-22-13-12-21(15-17-6-4-3-5-7-17)19(24)20-14-16-8-10-18(23-2)11-9-16/h3-11H,12-15H2,1-2H3,(H,20,24). The molecule has 0 spiro atoms. The van der Waals surface area contributed by atoms with Crippen molar-refractivity contribution in [2.45, 2.75) is 13.1 Å². The van der Waals surface area contributed by atoms with Gasteiger partial charge in [-0.05, 0) is 35.5 Å². The second-order valence-corrected chi connectivity index (χ2v) is 5.79. The Morgan fingerprint density at radius 3 is 2.33 bits per heavy atom. The molecule has 0 fully saturated rings. The summed E-state index contributed by atoms with van der Waals surface area (Å²) in [6.07, 6.45) is 0. The van der Waals surface area contributed by atoms with Crippen LogP contribution in [-0.4, -0.2) is 37.4 Å². The van der Waals surface area contributed by atoms with E-state index in [-0.39, 0.29) is 0 Å². The second-order valence-electron chi connectivity index (χ2n) is 5.41. The Balaban J connectivity index is 1.93. The molecule has 0 aliphatic heterocycles. The van der Waals surface area contributed by atoms with Gasteiger partial charge in [0.15, 0.2) is 5.11 Å². The van der Waals surface area contributed by atoms with Crippen molar-refractivity contribution in [3.05, 3.63) is 65.7 Å². The minimum absolute atomic E-state index is 0.636. The molecule has 0 saturated heterocycles. The maximum absolute atomic E-state index is 5.57. The van der Waals surface area contributed by atoms with Crippen LogP contribution in [0.2, 0.25) is 0 Å². The lowest BCUT2D eigenvalue weighted by atomic mass is 10.2. The van der Waals surface area contributed by atoms with Gasteiger partial charge in [-0.15, -0.1) is 0 Å². The molecule has 2 aromatic carbocycles. The van der Waals surface area contributed by atoms with Gasteiger partial charge in [0.05, 0.1) is 13.7 Å². The van der Waals surface area contributed by atoms with Crippen molar-refractivity contribution in [3.63, 3.8) is 0 Å². The zero-order chi connectivity index (χ0) is 17.2. The SMILES string of the molecule is COCCN(Cc1ccccc1)C(=S)NCc1ccc(OC)cc1. The van der Waals surface area contributed by atoms with E-state index in [0.717, 1.165) is 29.5 Å². The quantitative estimate of drug-likeness (QED) is 0.744. The highest BCUT2D eigenvalue weighted by molar-refractivity contribution is 7.80. The number of methoxy groups -OCH3 is 2. The number of nitrogens with one attached hydrogen (secondary N) is 1. The Morgan fingerprint density at radius 1 is 1.00 bits per heavy atom. The Kier molecular flexibility index (Phi) is 7.52. The number of nitrogens with zero attached hydrogens (tertiary/aromatic N) is 1. The van der Waals surface area contributed by atoms with Gasteiger partial charge < -0.3 is 19.7 Å². The average molecular weight is 344 g/mol. The molecule has 0 atom stereocenters. The van der Waals surface area contributed by atoms with Crippen LogP contribution in [0.25, 0.3) is 0 Å². The van der Waals surface area contributed by atoms with Gasteiger partial charge in [-0.25, -0.2) is 0 Å². The molecule has 0 radical (unpaired) electrons. The van der Waals surface area contributed by atoms with Crippen LogP contribution in [0.1, 0.15) is 11.1 Å². The molecule has 24 heavy (non-hydrogen) atoms. The van der Waals surface area contributed by atoms with Crippen molar-refractivity contribution in [1.82, 2.24) is 10.2 Å². The van der Waals surface area contributed by atoms with Gasteiger partial charge in [-0.3, -0.25) is 0 Å². The summed E-state index contributed by atoms with van der Waals surface area (Å²) in [7, 11) is 3.37. The largest absolute Gasteiger partial charge is 0.497 e. The van der Waals surface area contributed by atoms with E-state index in [1.54, 1.807) is 14.2 Å². The molecule has 2 aromatic rings. The molecule has 0 heterocycles. The van der Waals surface area contributed by atoms with Crippen LogP contribution in [0.15, 0.2) is 54.6 Å². The maximum atomic E-state index is 5.57. The summed E-state index contributed by atoms with van der Waals surface area (Å²) in [5, 5.41) is 4.06. The molecule has 0 aliphatic rings. The van der Waals surface area contributed by atoms with Crippen molar-refractivity contribution in [1.29, 1.82) is 0 Å². The molecule has 0 unspecified atom stereocenters. The number of hydrogen-bond acceptors (Lipinski definition) is 3. The summed E-state index contributed by atoms with van der Waals surface area (Å²) < 4.78 is 10.4. The first-order valence-corrected chi connectivity index (χ1v) is 8.32. The number of rotatable bonds is 8. The van der Waals surface area contributed by atoms with Crippen LogP contribution in [0.5, 0.6) is 5.75 Å². The van der Waals surface area contributed by atoms with Crippen LogP contribution >= 0.6 is 12.2 Å². The summed E-state index contributed by atoms with van der Waals surface area (Å²) in [6, 6.07) is 18.3. The zero-order valence-electron chi connectivity index (χ0n) is 14.2. The molecule has 128 valence electrons. The molecule has 5 heteroatoms. The highest BCUT2D eigenvalue weighted by Gasteiger charge is 2.10. The number of benzene rings is 2. The first-order valence-electron chi connectivity index (χ1n) is 7.91. The fraction of sp³-hybridized carbons (Fsp3) is 0.316. The Labute approximate surface area is 149 Å². The van der Waals surface area contributed by atoms with Crippen LogP contribution in [0.4, 0.5) is 0 Å².